The van der Waals surface area contributed by atoms with Gasteiger partial charge in [-0.3, -0.25) is 9.59 Å². The second kappa shape index (κ2) is 5.93. The van der Waals surface area contributed by atoms with Gasteiger partial charge in [-0.05, 0) is 23.8 Å². The molecule has 2 aromatic carbocycles. The molecule has 0 radical (unpaired) electrons. The summed E-state index contributed by atoms with van der Waals surface area (Å²) in [7, 11) is 1.71. The number of fused-ring (bicyclic) bond motifs is 1. The average Bonchev–Trinajstić information content (AvgIpc) is 2.58. The summed E-state index contributed by atoms with van der Waals surface area (Å²) in [6.07, 6.45) is 0.119. The molecule has 0 aliphatic carbocycles. The van der Waals surface area contributed by atoms with E-state index in [1.165, 1.54) is 0 Å². The quantitative estimate of drug-likeness (QED) is 0.927. The Labute approximate surface area is 134 Å². The number of benzene rings is 2. The zero-order valence-electron chi connectivity index (χ0n) is 12.6. The van der Waals surface area contributed by atoms with Crippen LogP contribution < -0.4 is 10.2 Å². The highest BCUT2D eigenvalue weighted by molar-refractivity contribution is 6.06. The fourth-order valence-electron chi connectivity index (χ4n) is 2.79. The van der Waals surface area contributed by atoms with E-state index in [1.54, 1.807) is 36.2 Å². The fourth-order valence-corrected chi connectivity index (χ4v) is 2.79. The molecule has 0 fully saturated rings. The number of carbonyl (C=O) groups excluding carboxylic acids is 2. The molecule has 1 aliphatic heterocycles. The minimum Gasteiger partial charge on any atom is -0.324 e. The van der Waals surface area contributed by atoms with Crippen LogP contribution in [-0.2, 0) is 9.59 Å². The summed E-state index contributed by atoms with van der Waals surface area (Å²) in [4.78, 5) is 26.4. The molecule has 5 nitrogen and oxygen atoms in total. The maximum atomic E-state index is 12.7. The molecule has 2 amide bonds. The van der Waals surface area contributed by atoms with E-state index in [4.69, 9.17) is 5.26 Å². The van der Waals surface area contributed by atoms with Gasteiger partial charge in [0.15, 0.2) is 0 Å². The summed E-state index contributed by atoms with van der Waals surface area (Å²) in [5.41, 5.74) is 2.43. The molecule has 1 atom stereocenters. The average molecular weight is 305 g/mol. The van der Waals surface area contributed by atoms with E-state index in [9.17, 15) is 9.59 Å². The Kier molecular flexibility index (Phi) is 3.82. The van der Waals surface area contributed by atoms with Gasteiger partial charge in [-0.25, -0.2) is 0 Å². The van der Waals surface area contributed by atoms with Crippen molar-refractivity contribution in [1.82, 2.24) is 0 Å². The zero-order chi connectivity index (χ0) is 16.4. The van der Waals surface area contributed by atoms with Crippen LogP contribution in [0.15, 0.2) is 48.5 Å². The van der Waals surface area contributed by atoms with E-state index in [1.807, 2.05) is 30.3 Å². The van der Waals surface area contributed by atoms with Crippen LogP contribution in [0.25, 0.3) is 0 Å². The molecule has 114 valence electrons. The summed E-state index contributed by atoms with van der Waals surface area (Å²) >= 11 is 0. The standard InChI is InChI=1S/C18H15N3O2/c1-21-16-9-5-3-7-13(16)14(10-17(21)22)18(23)20-15-8-4-2-6-12(15)11-19/h2-9,14H,10H2,1H3,(H,20,23). The Bertz CT molecular complexity index is 823. The van der Waals surface area contributed by atoms with Gasteiger partial charge in [0, 0.05) is 19.2 Å². The van der Waals surface area contributed by atoms with Crippen LogP contribution in [-0.4, -0.2) is 18.9 Å². The smallest absolute Gasteiger partial charge is 0.232 e. The van der Waals surface area contributed by atoms with Gasteiger partial charge in [-0.2, -0.15) is 5.26 Å². The first kappa shape index (κ1) is 14.8. The van der Waals surface area contributed by atoms with Crippen LogP contribution >= 0.6 is 0 Å². The lowest BCUT2D eigenvalue weighted by atomic mass is 9.89. The lowest BCUT2D eigenvalue weighted by molar-refractivity contribution is -0.124. The topological polar surface area (TPSA) is 73.2 Å². The first-order valence-electron chi connectivity index (χ1n) is 7.27. The minimum absolute atomic E-state index is 0.0996. The van der Waals surface area contributed by atoms with Gasteiger partial charge in [-0.1, -0.05) is 30.3 Å². The molecular weight excluding hydrogens is 290 g/mol. The molecule has 0 spiro atoms. The second-order valence-corrected chi connectivity index (χ2v) is 5.41. The van der Waals surface area contributed by atoms with Gasteiger partial charge >= 0.3 is 0 Å². The Morgan fingerprint density at radius 1 is 1.22 bits per heavy atom. The van der Waals surface area contributed by atoms with Gasteiger partial charge < -0.3 is 10.2 Å². The molecule has 1 unspecified atom stereocenters. The van der Waals surface area contributed by atoms with Gasteiger partial charge in [0.25, 0.3) is 0 Å². The maximum absolute atomic E-state index is 12.7. The number of nitrogens with one attached hydrogen (secondary N) is 1. The highest BCUT2D eigenvalue weighted by Gasteiger charge is 2.33. The van der Waals surface area contributed by atoms with Crippen LogP contribution in [0.4, 0.5) is 11.4 Å². The number of hydrogen-bond donors (Lipinski definition) is 1. The van der Waals surface area contributed by atoms with Crippen molar-refractivity contribution in [3.05, 3.63) is 59.7 Å². The number of carbonyl (C=O) groups is 2. The van der Waals surface area contributed by atoms with Crippen LogP contribution in [0.1, 0.15) is 23.5 Å². The number of nitriles is 1. The number of amides is 2. The van der Waals surface area contributed by atoms with Gasteiger partial charge in [-0.15, -0.1) is 0 Å². The largest absolute Gasteiger partial charge is 0.324 e. The van der Waals surface area contributed by atoms with Crippen molar-refractivity contribution in [2.75, 3.05) is 17.3 Å². The molecule has 1 heterocycles. The minimum atomic E-state index is -0.554. The Balaban J connectivity index is 1.93. The van der Waals surface area contributed by atoms with E-state index in [0.29, 0.717) is 11.3 Å². The molecule has 2 aromatic rings. The van der Waals surface area contributed by atoms with E-state index in [0.717, 1.165) is 11.3 Å². The summed E-state index contributed by atoms with van der Waals surface area (Å²) < 4.78 is 0. The second-order valence-electron chi connectivity index (χ2n) is 5.41. The Hall–Kier alpha value is -3.13. The highest BCUT2D eigenvalue weighted by atomic mass is 16.2. The lowest BCUT2D eigenvalue weighted by Crippen LogP contribution is -2.37. The predicted molar refractivity (Wildman–Crippen MR) is 87.0 cm³/mol. The first-order valence-corrected chi connectivity index (χ1v) is 7.27. The summed E-state index contributed by atoms with van der Waals surface area (Å²) in [5, 5.41) is 11.9. The Morgan fingerprint density at radius 3 is 2.70 bits per heavy atom. The molecule has 0 saturated heterocycles. The van der Waals surface area contributed by atoms with Crippen molar-refractivity contribution in [2.24, 2.45) is 0 Å². The van der Waals surface area contributed by atoms with E-state index in [-0.39, 0.29) is 18.2 Å². The van der Waals surface area contributed by atoms with Crippen LogP contribution in [0.5, 0.6) is 0 Å². The van der Waals surface area contributed by atoms with Gasteiger partial charge in [0.05, 0.1) is 17.2 Å². The molecule has 1 aliphatic rings. The van der Waals surface area contributed by atoms with Gasteiger partial charge in [0.2, 0.25) is 11.8 Å². The third kappa shape index (κ3) is 2.67. The lowest BCUT2D eigenvalue weighted by Gasteiger charge is -2.30. The molecular formula is C18H15N3O2. The van der Waals surface area contributed by atoms with Crippen molar-refractivity contribution in [1.29, 1.82) is 5.26 Å². The number of hydrogen-bond acceptors (Lipinski definition) is 3. The SMILES string of the molecule is CN1C(=O)CC(C(=O)Nc2ccccc2C#N)c2ccccc21. The third-order valence-corrected chi connectivity index (χ3v) is 4.05. The van der Waals surface area contributed by atoms with E-state index >= 15 is 0 Å². The van der Waals surface area contributed by atoms with Crippen LogP contribution in [0.3, 0.4) is 0 Å². The van der Waals surface area contributed by atoms with Crippen LogP contribution in [0, 0.1) is 11.3 Å². The normalized spacial score (nSPS) is 16.4. The summed E-state index contributed by atoms with van der Waals surface area (Å²) in [5.74, 6) is -0.930. The molecule has 0 saturated carbocycles. The first-order chi connectivity index (χ1) is 11.1. The number of rotatable bonds is 2. The van der Waals surface area contributed by atoms with E-state index < -0.39 is 5.92 Å². The van der Waals surface area contributed by atoms with Crippen molar-refractivity contribution >= 4 is 23.2 Å². The third-order valence-electron chi connectivity index (χ3n) is 4.05. The molecule has 3 rings (SSSR count). The summed E-state index contributed by atoms with van der Waals surface area (Å²) in [6.45, 7) is 0. The van der Waals surface area contributed by atoms with E-state index in [2.05, 4.69) is 5.32 Å². The molecule has 0 bridgehead atoms. The van der Waals surface area contributed by atoms with Gasteiger partial charge in [0.1, 0.15) is 6.07 Å². The van der Waals surface area contributed by atoms with Crippen molar-refractivity contribution in [2.45, 2.75) is 12.3 Å². The Morgan fingerprint density at radius 2 is 1.91 bits per heavy atom. The molecule has 1 N–H and O–H groups in total. The molecule has 5 heteroatoms. The molecule has 0 aromatic heterocycles. The molecule has 23 heavy (non-hydrogen) atoms. The van der Waals surface area contributed by atoms with Crippen molar-refractivity contribution in [3.63, 3.8) is 0 Å². The number of nitrogens with zero attached hydrogens (tertiary/aromatic N) is 2. The van der Waals surface area contributed by atoms with Crippen molar-refractivity contribution in [3.8, 4) is 6.07 Å². The summed E-state index contributed by atoms with van der Waals surface area (Å²) in [6, 6.07) is 16.2. The fraction of sp³-hybridized carbons (Fsp3) is 0.167. The zero-order valence-corrected chi connectivity index (χ0v) is 12.6. The maximum Gasteiger partial charge on any atom is 0.232 e. The number of para-hydroxylation sites is 2. The monoisotopic (exact) mass is 305 g/mol. The predicted octanol–water partition coefficient (Wildman–Crippen LogP) is 2.65. The number of anilines is 2. The van der Waals surface area contributed by atoms with Crippen molar-refractivity contribution < 1.29 is 9.59 Å². The highest BCUT2D eigenvalue weighted by Crippen LogP contribution is 2.35. The van der Waals surface area contributed by atoms with Crippen LogP contribution in [0.2, 0.25) is 0 Å².